The van der Waals surface area contributed by atoms with Gasteiger partial charge in [0.25, 0.3) is 6.71 Å². The lowest BCUT2D eigenvalue weighted by molar-refractivity contribution is 0.195. The van der Waals surface area contributed by atoms with Crippen molar-refractivity contribution in [1.29, 1.82) is 0 Å². The van der Waals surface area contributed by atoms with Crippen molar-refractivity contribution in [3.63, 3.8) is 0 Å². The summed E-state index contributed by atoms with van der Waals surface area (Å²) in [6.07, 6.45) is 5.13. The van der Waals surface area contributed by atoms with Crippen molar-refractivity contribution in [3.05, 3.63) is 95.1 Å². The normalized spacial score (nSPS) is 24.6. The Bertz CT molecular complexity index is 2140. The summed E-state index contributed by atoms with van der Waals surface area (Å²) >= 11 is 0. The Morgan fingerprint density at radius 1 is 0.750 bits per heavy atom. The third-order valence-corrected chi connectivity index (χ3v) is 13.0. The minimum absolute atomic E-state index is 0.0459. The molecule has 2 unspecified atom stereocenters. The highest BCUT2D eigenvalue weighted by atomic mass is 15.3. The van der Waals surface area contributed by atoms with Crippen LogP contribution in [0.3, 0.4) is 0 Å². The number of aromatic nitrogens is 1. The molecular weight excluding hydrogens is 531 g/mol. The predicted molar refractivity (Wildman–Crippen MR) is 187 cm³/mol. The van der Waals surface area contributed by atoms with E-state index in [-0.39, 0.29) is 28.5 Å². The fourth-order valence-corrected chi connectivity index (χ4v) is 10.7. The first-order chi connectivity index (χ1) is 21.0. The molecule has 2 nitrogen and oxygen atoms in total. The van der Waals surface area contributed by atoms with E-state index in [9.17, 15) is 0 Å². The molecule has 4 heterocycles. The van der Waals surface area contributed by atoms with Gasteiger partial charge in [-0.25, -0.2) is 0 Å². The summed E-state index contributed by atoms with van der Waals surface area (Å²) in [6, 6.07) is 28.9. The van der Waals surface area contributed by atoms with Crippen LogP contribution in [0.4, 0.5) is 11.4 Å². The largest absolute Gasteiger partial charge is 0.335 e. The van der Waals surface area contributed by atoms with Crippen LogP contribution in [-0.4, -0.2) is 16.8 Å². The topological polar surface area (TPSA) is 8.17 Å². The maximum absolute atomic E-state index is 2.84. The number of fused-ring (bicyclic) bond motifs is 12. The van der Waals surface area contributed by atoms with Crippen LogP contribution in [-0.2, 0) is 16.2 Å². The van der Waals surface area contributed by atoms with Crippen LogP contribution in [0.1, 0.15) is 96.4 Å². The Hall–Kier alpha value is -3.72. The van der Waals surface area contributed by atoms with Crippen LogP contribution in [0.5, 0.6) is 0 Å². The lowest BCUT2D eigenvalue weighted by Gasteiger charge is -2.52. The van der Waals surface area contributed by atoms with Crippen LogP contribution in [0, 0.1) is 0 Å². The zero-order chi connectivity index (χ0) is 30.1. The maximum atomic E-state index is 2.84. The van der Waals surface area contributed by atoms with E-state index in [0.717, 1.165) is 0 Å². The second-order valence-electron chi connectivity index (χ2n) is 16.5. The monoisotopic (exact) mass is 572 g/mol. The fraction of sp³-hybridized carbons (Fsp3) is 0.366. The molecule has 2 atom stereocenters. The van der Waals surface area contributed by atoms with Gasteiger partial charge >= 0.3 is 0 Å². The molecule has 5 aromatic rings. The first-order valence-corrected chi connectivity index (χ1v) is 16.9. The van der Waals surface area contributed by atoms with Crippen molar-refractivity contribution in [3.8, 4) is 16.9 Å². The maximum Gasteiger partial charge on any atom is 0.252 e. The molecule has 1 saturated carbocycles. The highest BCUT2D eigenvalue weighted by Gasteiger charge is 2.61. The number of nitrogens with zero attached hydrogens (tertiary/aromatic N) is 2. The highest BCUT2D eigenvalue weighted by Crippen LogP contribution is 2.62. The second-order valence-corrected chi connectivity index (χ2v) is 16.5. The fourth-order valence-electron chi connectivity index (χ4n) is 10.7. The van der Waals surface area contributed by atoms with Gasteiger partial charge in [0.15, 0.2) is 0 Å². The molecule has 218 valence electrons. The van der Waals surface area contributed by atoms with Gasteiger partial charge in [-0.15, -0.1) is 0 Å². The molecule has 0 radical (unpaired) electrons. The molecular formula is C41H41BN2. The van der Waals surface area contributed by atoms with Gasteiger partial charge in [0.1, 0.15) is 0 Å². The number of para-hydroxylation sites is 1. The molecule has 0 spiro atoms. The average Bonchev–Trinajstić information content (AvgIpc) is 3.54. The Balaban J connectivity index is 1.41. The summed E-state index contributed by atoms with van der Waals surface area (Å²) in [5.41, 5.74) is 19.3. The average molecular weight is 573 g/mol. The molecule has 0 N–H and O–H groups in total. The SMILES string of the molecule is CC(C)(C)c1cc2c3c(c1)c1c(n3-c3cccc4c3B2c2cccc3c2N4C2(C)CCCCC32C)-c2ccccc2C1(C)C. The van der Waals surface area contributed by atoms with Crippen molar-refractivity contribution < 1.29 is 0 Å². The van der Waals surface area contributed by atoms with Gasteiger partial charge in [-0.3, -0.25) is 0 Å². The van der Waals surface area contributed by atoms with Gasteiger partial charge in [-0.05, 0) is 82.0 Å². The quantitative estimate of drug-likeness (QED) is 0.167. The Kier molecular flexibility index (Phi) is 4.40. The number of hydrogen-bond donors (Lipinski definition) is 0. The summed E-state index contributed by atoms with van der Waals surface area (Å²) < 4.78 is 2.70. The van der Waals surface area contributed by atoms with Crippen molar-refractivity contribution in [2.24, 2.45) is 0 Å². The van der Waals surface area contributed by atoms with Gasteiger partial charge in [-0.1, -0.05) is 109 Å². The van der Waals surface area contributed by atoms with Gasteiger partial charge < -0.3 is 9.47 Å². The molecule has 10 rings (SSSR count). The Morgan fingerprint density at radius 3 is 2.30 bits per heavy atom. The molecule has 1 aromatic heterocycles. The van der Waals surface area contributed by atoms with Crippen molar-refractivity contribution >= 4 is 45.4 Å². The minimum atomic E-state index is -0.0685. The molecule has 5 aliphatic rings. The molecule has 44 heavy (non-hydrogen) atoms. The standard InChI is InChI=1S/C41H41BN2/c1-38(2,3)24-22-26-33-36(25-14-8-9-15-27(25)39(33,4)5)43-31-18-13-19-32-34(31)42(30(23-24)35(26)43)29-17-12-16-28-37(29)44(32)41(7)21-11-10-20-40(28,41)6/h8-9,12-19,22-23H,10-11,20-21H2,1-7H3. The predicted octanol–water partition coefficient (Wildman–Crippen LogP) is 8.12. The van der Waals surface area contributed by atoms with Gasteiger partial charge in [0.2, 0.25) is 0 Å². The van der Waals surface area contributed by atoms with E-state index in [2.05, 4.69) is 131 Å². The zero-order valence-electron chi connectivity index (χ0n) is 27.2. The van der Waals surface area contributed by atoms with E-state index in [1.807, 2.05) is 0 Å². The van der Waals surface area contributed by atoms with Crippen LogP contribution >= 0.6 is 0 Å². The zero-order valence-corrected chi connectivity index (χ0v) is 27.2. The highest BCUT2D eigenvalue weighted by molar-refractivity contribution is 7.00. The second kappa shape index (κ2) is 7.56. The van der Waals surface area contributed by atoms with Crippen molar-refractivity contribution in [2.75, 3.05) is 4.90 Å². The summed E-state index contributed by atoms with van der Waals surface area (Å²) in [5.74, 6) is 0. The van der Waals surface area contributed by atoms with Crippen molar-refractivity contribution in [1.82, 2.24) is 4.57 Å². The van der Waals surface area contributed by atoms with Crippen molar-refractivity contribution in [2.45, 2.75) is 95.9 Å². The van der Waals surface area contributed by atoms with Crippen LogP contribution in [0.2, 0.25) is 0 Å². The van der Waals surface area contributed by atoms with E-state index in [1.165, 1.54) is 98.0 Å². The smallest absolute Gasteiger partial charge is 0.252 e. The molecule has 3 aliphatic heterocycles. The summed E-state index contributed by atoms with van der Waals surface area (Å²) in [7, 11) is 0. The first kappa shape index (κ1) is 25.6. The van der Waals surface area contributed by atoms with Crippen LogP contribution in [0.15, 0.2) is 72.8 Å². The summed E-state index contributed by atoms with van der Waals surface area (Å²) in [4.78, 5) is 2.84. The molecule has 3 heteroatoms. The van der Waals surface area contributed by atoms with Gasteiger partial charge in [0, 0.05) is 44.4 Å². The van der Waals surface area contributed by atoms with E-state index >= 15 is 0 Å². The Morgan fingerprint density at radius 2 is 1.48 bits per heavy atom. The molecule has 1 fully saturated rings. The lowest BCUT2D eigenvalue weighted by atomic mass is 9.33. The van der Waals surface area contributed by atoms with Crippen LogP contribution in [0.25, 0.3) is 27.8 Å². The van der Waals surface area contributed by atoms with Crippen LogP contribution < -0.4 is 21.3 Å². The van der Waals surface area contributed by atoms with E-state index in [4.69, 9.17) is 0 Å². The Labute approximate surface area is 262 Å². The summed E-state index contributed by atoms with van der Waals surface area (Å²) in [5, 5.41) is 1.45. The number of hydrogen-bond acceptors (Lipinski definition) is 1. The van der Waals surface area contributed by atoms with E-state index in [1.54, 1.807) is 5.56 Å². The van der Waals surface area contributed by atoms with E-state index < -0.39 is 0 Å². The molecule has 0 amide bonds. The third-order valence-electron chi connectivity index (χ3n) is 13.0. The number of benzene rings is 4. The molecule has 4 aromatic carbocycles. The minimum Gasteiger partial charge on any atom is -0.335 e. The lowest BCUT2D eigenvalue weighted by Crippen LogP contribution is -2.64. The van der Waals surface area contributed by atoms with Gasteiger partial charge in [0.05, 0.1) is 11.2 Å². The molecule has 0 saturated heterocycles. The summed E-state index contributed by atoms with van der Waals surface area (Å²) in [6.45, 7) is 17.4. The third kappa shape index (κ3) is 2.59. The van der Waals surface area contributed by atoms with E-state index in [0.29, 0.717) is 0 Å². The molecule has 0 bridgehead atoms. The van der Waals surface area contributed by atoms with Gasteiger partial charge in [-0.2, -0.15) is 0 Å². The molecule has 2 aliphatic carbocycles. The number of rotatable bonds is 0. The number of anilines is 2. The first-order valence-electron chi connectivity index (χ1n) is 16.9.